The fourth-order valence-electron chi connectivity index (χ4n) is 0.936. The third-order valence-electron chi connectivity index (χ3n) is 2.40. The van der Waals surface area contributed by atoms with Gasteiger partial charge in [0.15, 0.2) is 0 Å². The average Bonchev–Trinajstić information content (AvgIpc) is 2.22. The van der Waals surface area contributed by atoms with Gasteiger partial charge in [-0.05, 0) is 18.9 Å². The molecule has 0 aromatic heterocycles. The van der Waals surface area contributed by atoms with Gasteiger partial charge in [-0.2, -0.15) is 12.7 Å². The van der Waals surface area contributed by atoms with Crippen LogP contribution in [-0.4, -0.2) is 39.4 Å². The molecule has 0 saturated carbocycles. The Morgan fingerprint density at radius 1 is 1.47 bits per heavy atom. The first-order valence-electron chi connectivity index (χ1n) is 5.35. The van der Waals surface area contributed by atoms with Gasteiger partial charge in [-0.25, -0.2) is 4.72 Å². The lowest BCUT2D eigenvalue weighted by molar-refractivity contribution is 0.442. The van der Waals surface area contributed by atoms with Crippen LogP contribution < -0.4 is 10.5 Å². The summed E-state index contributed by atoms with van der Waals surface area (Å²) in [6.45, 7) is 5.52. The number of rotatable bonds is 8. The Hall–Kier alpha value is -0.170. The molecule has 6 heteroatoms. The summed E-state index contributed by atoms with van der Waals surface area (Å²) in [7, 11) is -1.75. The van der Waals surface area contributed by atoms with E-state index in [9.17, 15) is 8.42 Å². The number of nitrogens with one attached hydrogen (secondary N) is 1. The summed E-state index contributed by atoms with van der Waals surface area (Å²) in [4.78, 5) is 0. The Labute approximate surface area is 93.2 Å². The maximum Gasteiger partial charge on any atom is 0.279 e. The van der Waals surface area contributed by atoms with Crippen molar-refractivity contribution < 1.29 is 8.42 Å². The molecule has 0 bridgehead atoms. The van der Waals surface area contributed by atoms with Crippen molar-refractivity contribution in [2.24, 2.45) is 11.7 Å². The largest absolute Gasteiger partial charge is 0.330 e. The van der Waals surface area contributed by atoms with E-state index in [4.69, 9.17) is 5.73 Å². The van der Waals surface area contributed by atoms with E-state index in [1.165, 1.54) is 4.31 Å². The fourth-order valence-corrected chi connectivity index (χ4v) is 2.02. The van der Waals surface area contributed by atoms with E-state index in [0.29, 0.717) is 32.0 Å². The monoisotopic (exact) mass is 237 g/mol. The van der Waals surface area contributed by atoms with Crippen molar-refractivity contribution >= 4 is 10.2 Å². The highest BCUT2D eigenvalue weighted by Gasteiger charge is 2.16. The zero-order valence-corrected chi connectivity index (χ0v) is 10.7. The summed E-state index contributed by atoms with van der Waals surface area (Å²) in [5, 5.41) is 0. The molecule has 0 heterocycles. The Kier molecular flexibility index (Phi) is 7.08. The molecule has 15 heavy (non-hydrogen) atoms. The topological polar surface area (TPSA) is 75.4 Å². The van der Waals surface area contributed by atoms with Crippen LogP contribution >= 0.6 is 0 Å². The second-order valence-corrected chi connectivity index (χ2v) is 5.69. The van der Waals surface area contributed by atoms with Crippen LogP contribution in [-0.2, 0) is 10.2 Å². The Morgan fingerprint density at radius 2 is 2.07 bits per heavy atom. The molecule has 0 aliphatic rings. The number of hydrogen-bond donors (Lipinski definition) is 2. The van der Waals surface area contributed by atoms with Crippen molar-refractivity contribution in [2.45, 2.75) is 26.7 Å². The molecule has 92 valence electrons. The lowest BCUT2D eigenvalue weighted by Gasteiger charge is -2.18. The van der Waals surface area contributed by atoms with Crippen molar-refractivity contribution in [2.75, 3.05) is 26.7 Å². The van der Waals surface area contributed by atoms with Crippen molar-refractivity contribution in [3.8, 4) is 0 Å². The number of nitrogens with two attached hydrogens (primary N) is 1. The van der Waals surface area contributed by atoms with Gasteiger partial charge in [0.25, 0.3) is 10.2 Å². The smallest absolute Gasteiger partial charge is 0.279 e. The molecule has 5 nitrogen and oxygen atoms in total. The van der Waals surface area contributed by atoms with Crippen LogP contribution in [0.3, 0.4) is 0 Å². The van der Waals surface area contributed by atoms with Crippen LogP contribution in [0.15, 0.2) is 0 Å². The highest BCUT2D eigenvalue weighted by molar-refractivity contribution is 7.87. The van der Waals surface area contributed by atoms with E-state index in [0.717, 1.165) is 6.42 Å². The molecule has 0 aliphatic carbocycles. The van der Waals surface area contributed by atoms with Gasteiger partial charge in [0, 0.05) is 20.1 Å². The summed E-state index contributed by atoms with van der Waals surface area (Å²) >= 11 is 0. The summed E-state index contributed by atoms with van der Waals surface area (Å²) in [5.74, 6) is 0.364. The molecule has 3 N–H and O–H groups in total. The lowest BCUT2D eigenvalue weighted by atomic mass is 10.1. The average molecular weight is 237 g/mol. The van der Waals surface area contributed by atoms with Crippen LogP contribution in [0.4, 0.5) is 0 Å². The van der Waals surface area contributed by atoms with Crippen molar-refractivity contribution in [1.29, 1.82) is 0 Å². The molecule has 1 unspecified atom stereocenters. The van der Waals surface area contributed by atoms with Crippen LogP contribution in [0, 0.1) is 5.92 Å². The van der Waals surface area contributed by atoms with Crippen molar-refractivity contribution in [1.82, 2.24) is 9.03 Å². The summed E-state index contributed by atoms with van der Waals surface area (Å²) < 4.78 is 27.1. The lowest BCUT2D eigenvalue weighted by Crippen LogP contribution is -2.40. The predicted molar refractivity (Wildman–Crippen MR) is 62.7 cm³/mol. The second-order valence-electron chi connectivity index (χ2n) is 3.83. The molecule has 0 saturated heterocycles. The Morgan fingerprint density at radius 3 is 2.53 bits per heavy atom. The van der Waals surface area contributed by atoms with E-state index < -0.39 is 10.2 Å². The quantitative estimate of drug-likeness (QED) is 0.631. The maximum atomic E-state index is 11.6. The first kappa shape index (κ1) is 14.8. The molecular formula is C9H23N3O2S. The minimum absolute atomic E-state index is 0.364. The highest BCUT2D eigenvalue weighted by atomic mass is 32.2. The molecule has 0 amide bonds. The summed E-state index contributed by atoms with van der Waals surface area (Å²) in [5.41, 5.74) is 5.32. The van der Waals surface area contributed by atoms with Gasteiger partial charge in [0.05, 0.1) is 0 Å². The summed E-state index contributed by atoms with van der Waals surface area (Å²) in [6, 6.07) is 0. The van der Waals surface area contributed by atoms with Crippen LogP contribution in [0.1, 0.15) is 26.7 Å². The van der Waals surface area contributed by atoms with Crippen molar-refractivity contribution in [3.63, 3.8) is 0 Å². The fraction of sp³-hybridized carbons (Fsp3) is 1.00. The van der Waals surface area contributed by atoms with E-state index in [1.54, 1.807) is 7.05 Å². The van der Waals surface area contributed by atoms with Crippen molar-refractivity contribution in [3.05, 3.63) is 0 Å². The number of hydrogen-bond acceptors (Lipinski definition) is 3. The van der Waals surface area contributed by atoms with Gasteiger partial charge in [-0.1, -0.05) is 20.3 Å². The predicted octanol–water partition coefficient (Wildman–Crippen LogP) is 0.148. The first-order chi connectivity index (χ1) is 6.94. The molecule has 0 fully saturated rings. The standard InChI is InChI=1S/C9H23N3O2S/c1-4-9(2)8-11-15(13,14)12(3)7-5-6-10/h9,11H,4-8,10H2,1-3H3. The van der Waals surface area contributed by atoms with Crippen LogP contribution in [0.2, 0.25) is 0 Å². The molecule has 1 atom stereocenters. The Bertz CT molecular complexity index is 254. The second kappa shape index (κ2) is 7.16. The third kappa shape index (κ3) is 6.09. The molecule has 0 radical (unpaired) electrons. The molecular weight excluding hydrogens is 214 g/mol. The van der Waals surface area contributed by atoms with Crippen LogP contribution in [0.25, 0.3) is 0 Å². The minimum atomic E-state index is -3.31. The summed E-state index contributed by atoms with van der Waals surface area (Å²) in [6.07, 6.45) is 1.65. The van der Waals surface area contributed by atoms with Gasteiger partial charge in [0.1, 0.15) is 0 Å². The molecule has 0 spiro atoms. The highest BCUT2D eigenvalue weighted by Crippen LogP contribution is 2.01. The third-order valence-corrected chi connectivity index (χ3v) is 3.93. The van der Waals surface area contributed by atoms with Gasteiger partial charge in [-0.3, -0.25) is 0 Å². The first-order valence-corrected chi connectivity index (χ1v) is 6.79. The van der Waals surface area contributed by atoms with E-state index in [1.807, 2.05) is 13.8 Å². The van der Waals surface area contributed by atoms with Crippen LogP contribution in [0.5, 0.6) is 0 Å². The van der Waals surface area contributed by atoms with Gasteiger partial charge < -0.3 is 5.73 Å². The van der Waals surface area contributed by atoms with Gasteiger partial charge in [0.2, 0.25) is 0 Å². The molecule has 0 aliphatic heterocycles. The zero-order valence-electron chi connectivity index (χ0n) is 9.86. The zero-order chi connectivity index (χ0) is 11.9. The SMILES string of the molecule is CCC(C)CNS(=O)(=O)N(C)CCCN. The minimum Gasteiger partial charge on any atom is -0.330 e. The van der Waals surface area contributed by atoms with E-state index in [-0.39, 0.29) is 0 Å². The normalized spacial score (nSPS) is 14.5. The molecule has 0 aromatic carbocycles. The van der Waals surface area contributed by atoms with E-state index >= 15 is 0 Å². The number of nitrogens with zero attached hydrogens (tertiary/aromatic N) is 1. The van der Waals surface area contributed by atoms with Gasteiger partial charge in [-0.15, -0.1) is 0 Å². The maximum absolute atomic E-state index is 11.6. The molecule has 0 aromatic rings. The van der Waals surface area contributed by atoms with E-state index in [2.05, 4.69) is 4.72 Å². The molecule has 0 rings (SSSR count). The van der Waals surface area contributed by atoms with Gasteiger partial charge >= 0.3 is 0 Å². The Balaban J connectivity index is 4.05.